The van der Waals surface area contributed by atoms with Crippen LogP contribution < -0.4 is 0 Å². The summed E-state index contributed by atoms with van der Waals surface area (Å²) >= 11 is 0. The van der Waals surface area contributed by atoms with Crippen LogP contribution in [0.5, 0.6) is 0 Å². The van der Waals surface area contributed by atoms with Crippen molar-refractivity contribution in [1.82, 2.24) is 4.98 Å². The van der Waals surface area contributed by atoms with Crippen LogP contribution in [0.1, 0.15) is 71.1 Å². The van der Waals surface area contributed by atoms with Gasteiger partial charge in [-0.05, 0) is 23.9 Å². The second-order valence-corrected chi connectivity index (χ2v) is 6.04. The molecule has 0 bridgehead atoms. The van der Waals surface area contributed by atoms with Crippen molar-refractivity contribution in [3.05, 3.63) is 36.5 Å². The number of unbranched alkanes of at least 4 members (excludes halogenated alkanes) is 8. The first kappa shape index (κ1) is 19.3. The number of H-pyrrole nitrogens is 1. The number of rotatable bonds is 10. The third-order valence-electron chi connectivity index (χ3n) is 3.96. The van der Waals surface area contributed by atoms with Crippen molar-refractivity contribution >= 4 is 16.9 Å². The molecule has 0 spiro atoms. The van der Waals surface area contributed by atoms with Crippen LogP contribution in [0.15, 0.2) is 36.5 Å². The van der Waals surface area contributed by atoms with Crippen LogP contribution in [-0.2, 0) is 4.79 Å². The molecule has 0 saturated carbocycles. The lowest BCUT2D eigenvalue weighted by Gasteiger charge is -2.00. The first-order chi connectivity index (χ1) is 11.2. The number of nitrogens with one attached hydrogen (secondary N) is 1. The SMILES string of the molecule is CCCCCCCCCCCC(=O)O.c1ccc2[nH]ccc2c1. The lowest BCUT2D eigenvalue weighted by Crippen LogP contribution is -1.93. The van der Waals surface area contributed by atoms with Crippen molar-refractivity contribution in [1.29, 1.82) is 0 Å². The molecule has 0 aliphatic carbocycles. The third-order valence-corrected chi connectivity index (χ3v) is 3.96. The summed E-state index contributed by atoms with van der Waals surface area (Å²) < 4.78 is 0. The molecule has 0 fully saturated rings. The molecule has 3 heteroatoms. The smallest absolute Gasteiger partial charge is 0.303 e. The van der Waals surface area contributed by atoms with Crippen molar-refractivity contribution in [3.8, 4) is 0 Å². The predicted octanol–water partition coefficient (Wildman–Crippen LogP) is 6.16. The molecule has 0 amide bonds. The van der Waals surface area contributed by atoms with E-state index in [-0.39, 0.29) is 0 Å². The predicted molar refractivity (Wildman–Crippen MR) is 97.8 cm³/mol. The van der Waals surface area contributed by atoms with Crippen molar-refractivity contribution in [2.24, 2.45) is 0 Å². The number of aromatic amines is 1. The number of fused-ring (bicyclic) bond motifs is 1. The Morgan fingerprint density at radius 1 is 0.913 bits per heavy atom. The highest BCUT2D eigenvalue weighted by atomic mass is 16.4. The highest BCUT2D eigenvalue weighted by Crippen LogP contribution is 2.10. The Kier molecular flexibility index (Phi) is 10.7. The van der Waals surface area contributed by atoms with Gasteiger partial charge in [0.25, 0.3) is 0 Å². The maximum absolute atomic E-state index is 10.2. The summed E-state index contributed by atoms with van der Waals surface area (Å²) in [5.74, 6) is -0.659. The van der Waals surface area contributed by atoms with Crippen molar-refractivity contribution < 1.29 is 9.90 Å². The zero-order chi connectivity index (χ0) is 16.8. The summed E-state index contributed by atoms with van der Waals surface area (Å²) in [4.78, 5) is 13.3. The normalized spacial score (nSPS) is 10.3. The van der Waals surface area contributed by atoms with Gasteiger partial charge in [0.2, 0.25) is 0 Å². The number of para-hydroxylation sites is 1. The molecule has 1 heterocycles. The summed E-state index contributed by atoms with van der Waals surface area (Å²) in [5, 5.41) is 9.69. The fourth-order valence-electron chi connectivity index (χ4n) is 2.58. The van der Waals surface area contributed by atoms with Gasteiger partial charge in [0, 0.05) is 18.1 Å². The molecule has 3 nitrogen and oxygen atoms in total. The maximum atomic E-state index is 10.2. The summed E-state index contributed by atoms with van der Waals surface area (Å²) in [5.41, 5.74) is 1.21. The average molecular weight is 317 g/mol. The van der Waals surface area contributed by atoms with Gasteiger partial charge in [0.15, 0.2) is 0 Å². The molecule has 0 saturated heterocycles. The number of hydrogen-bond donors (Lipinski definition) is 2. The van der Waals surface area contributed by atoms with Crippen LogP contribution in [0, 0.1) is 0 Å². The Balaban J connectivity index is 0.000000248. The summed E-state index contributed by atoms with van der Waals surface area (Å²) in [6, 6.07) is 10.3. The van der Waals surface area contributed by atoms with E-state index in [1.165, 1.54) is 55.8 Å². The molecule has 0 aliphatic rings. The molecule has 2 N–H and O–H groups in total. The van der Waals surface area contributed by atoms with E-state index in [0.29, 0.717) is 6.42 Å². The summed E-state index contributed by atoms with van der Waals surface area (Å²) in [7, 11) is 0. The molecule has 2 rings (SSSR count). The fraction of sp³-hybridized carbons (Fsp3) is 0.550. The average Bonchev–Trinajstić information content (AvgIpc) is 3.02. The van der Waals surface area contributed by atoms with Crippen LogP contribution >= 0.6 is 0 Å². The van der Waals surface area contributed by atoms with E-state index in [1.54, 1.807) is 0 Å². The molecule has 0 aliphatic heterocycles. The Bertz CT molecular complexity index is 503. The molecule has 23 heavy (non-hydrogen) atoms. The molecule has 128 valence electrons. The van der Waals surface area contributed by atoms with E-state index < -0.39 is 5.97 Å². The van der Waals surface area contributed by atoms with Gasteiger partial charge in [0.05, 0.1) is 0 Å². The highest BCUT2D eigenvalue weighted by molar-refractivity contribution is 5.78. The minimum atomic E-state index is -0.659. The first-order valence-electron chi connectivity index (χ1n) is 8.98. The number of carbonyl (C=O) groups is 1. The Morgan fingerprint density at radius 3 is 2.13 bits per heavy atom. The van der Waals surface area contributed by atoms with Gasteiger partial charge >= 0.3 is 5.97 Å². The van der Waals surface area contributed by atoms with Gasteiger partial charge in [-0.15, -0.1) is 0 Å². The summed E-state index contributed by atoms with van der Waals surface area (Å²) in [6.07, 6.45) is 13.4. The standard InChI is InChI=1S/C12H24O2.C8H7N/c1-2-3-4-5-6-7-8-9-10-11-12(13)14;1-2-4-8-7(3-1)5-6-9-8/h2-11H2,1H3,(H,13,14);1-6,9H. The maximum Gasteiger partial charge on any atom is 0.303 e. The van der Waals surface area contributed by atoms with E-state index >= 15 is 0 Å². The van der Waals surface area contributed by atoms with Gasteiger partial charge in [-0.2, -0.15) is 0 Å². The van der Waals surface area contributed by atoms with Gasteiger partial charge in [-0.3, -0.25) is 4.79 Å². The summed E-state index contributed by atoms with van der Waals surface area (Å²) in [6.45, 7) is 2.23. The van der Waals surface area contributed by atoms with Gasteiger partial charge in [-0.1, -0.05) is 76.5 Å². The van der Waals surface area contributed by atoms with Crippen LogP contribution in [0.4, 0.5) is 0 Å². The highest BCUT2D eigenvalue weighted by Gasteiger charge is 1.96. The molecule has 2 aromatic rings. The van der Waals surface area contributed by atoms with E-state index in [1.807, 2.05) is 18.3 Å². The molecule has 0 atom stereocenters. The lowest BCUT2D eigenvalue weighted by molar-refractivity contribution is -0.137. The van der Waals surface area contributed by atoms with Gasteiger partial charge in [-0.25, -0.2) is 0 Å². The van der Waals surface area contributed by atoms with Gasteiger partial charge in [0.1, 0.15) is 0 Å². The largest absolute Gasteiger partial charge is 0.481 e. The fourth-order valence-corrected chi connectivity index (χ4v) is 2.58. The number of carboxylic acids is 1. The number of hydrogen-bond acceptors (Lipinski definition) is 1. The zero-order valence-electron chi connectivity index (χ0n) is 14.4. The Morgan fingerprint density at radius 2 is 1.52 bits per heavy atom. The van der Waals surface area contributed by atoms with Crippen LogP contribution in [0.2, 0.25) is 0 Å². The molecular weight excluding hydrogens is 286 g/mol. The van der Waals surface area contributed by atoms with E-state index in [2.05, 4.69) is 30.1 Å². The molecular formula is C20H31NO2. The first-order valence-corrected chi connectivity index (χ1v) is 8.98. The quantitative estimate of drug-likeness (QED) is 0.515. The number of aromatic nitrogens is 1. The molecule has 0 unspecified atom stereocenters. The van der Waals surface area contributed by atoms with Crippen molar-refractivity contribution in [3.63, 3.8) is 0 Å². The van der Waals surface area contributed by atoms with E-state index in [0.717, 1.165) is 12.8 Å². The number of benzene rings is 1. The Labute approximate surface area is 140 Å². The van der Waals surface area contributed by atoms with E-state index in [4.69, 9.17) is 5.11 Å². The van der Waals surface area contributed by atoms with Crippen molar-refractivity contribution in [2.45, 2.75) is 71.1 Å². The van der Waals surface area contributed by atoms with Gasteiger partial charge < -0.3 is 10.1 Å². The van der Waals surface area contributed by atoms with Crippen molar-refractivity contribution in [2.75, 3.05) is 0 Å². The monoisotopic (exact) mass is 317 g/mol. The topological polar surface area (TPSA) is 53.1 Å². The number of aliphatic carboxylic acids is 1. The van der Waals surface area contributed by atoms with Crippen LogP contribution in [0.3, 0.4) is 0 Å². The zero-order valence-corrected chi connectivity index (χ0v) is 14.4. The lowest BCUT2D eigenvalue weighted by atomic mass is 10.1. The molecule has 1 aromatic carbocycles. The third kappa shape index (κ3) is 9.77. The number of carboxylic acid groups (broad SMARTS) is 1. The minimum absolute atomic E-state index is 0.343. The second kappa shape index (κ2) is 12.7. The molecule has 0 radical (unpaired) electrons. The van der Waals surface area contributed by atoms with E-state index in [9.17, 15) is 4.79 Å². The Hall–Kier alpha value is -1.77. The van der Waals surface area contributed by atoms with Crippen LogP contribution in [-0.4, -0.2) is 16.1 Å². The second-order valence-electron chi connectivity index (χ2n) is 6.04. The molecule has 1 aromatic heterocycles. The minimum Gasteiger partial charge on any atom is -0.481 e. The van der Waals surface area contributed by atoms with Crippen LogP contribution in [0.25, 0.3) is 10.9 Å².